The summed E-state index contributed by atoms with van der Waals surface area (Å²) in [5.41, 5.74) is 0. The Morgan fingerprint density at radius 3 is 1.33 bits per heavy atom. The summed E-state index contributed by atoms with van der Waals surface area (Å²) in [4.78, 5) is 0. The summed E-state index contributed by atoms with van der Waals surface area (Å²) in [6.45, 7) is 0.970. The monoisotopic (exact) mass is 90.0 g/mol. The molecule has 2 atom stereocenters. The third-order valence-corrected chi connectivity index (χ3v) is 0.890. The number of hydroxylamine groups is 2. The first-order valence-corrected chi connectivity index (χ1v) is 1.87. The molecule has 0 saturated carbocycles. The maximum Gasteiger partial charge on any atom is 0.175 e. The van der Waals surface area contributed by atoms with Crippen LogP contribution in [0, 0.1) is 10.4 Å². The third kappa shape index (κ3) is 0.396. The quantitative estimate of drug-likeness (QED) is 0.306. The van der Waals surface area contributed by atoms with Gasteiger partial charge in [0, 0.05) is 0 Å². The van der Waals surface area contributed by atoms with Gasteiger partial charge in [0.15, 0.2) is 13.1 Å². The van der Waals surface area contributed by atoms with Gasteiger partial charge in [-0.05, 0) is 0 Å². The van der Waals surface area contributed by atoms with E-state index in [0.717, 1.165) is 0 Å². The minimum atomic E-state index is -0.199. The van der Waals surface area contributed by atoms with E-state index in [1.807, 2.05) is 0 Å². The molecule has 0 aliphatic carbocycles. The average molecular weight is 90.1 g/mol. The molecular formula is C2H6N2O2. The number of hydrogen-bond acceptors (Lipinski definition) is 2. The molecule has 0 aromatic rings. The predicted octanol–water partition coefficient (Wildman–Crippen LogP) is -3.32. The van der Waals surface area contributed by atoms with Crippen LogP contribution in [0.3, 0.4) is 0 Å². The number of nitrogens with one attached hydrogen (secondary N) is 2. The Balaban J connectivity index is 2.20. The summed E-state index contributed by atoms with van der Waals surface area (Å²) in [5, 5.41) is 19.4. The Hall–Kier alpha value is -0.160. The fourth-order valence-corrected chi connectivity index (χ4v) is 0.329. The van der Waals surface area contributed by atoms with Crippen LogP contribution in [0.15, 0.2) is 0 Å². The summed E-state index contributed by atoms with van der Waals surface area (Å²) in [7, 11) is 0. The molecule has 2 unspecified atom stereocenters. The first kappa shape index (κ1) is 4.01. The molecule has 1 aliphatic heterocycles. The van der Waals surface area contributed by atoms with Crippen LogP contribution in [0.25, 0.3) is 0 Å². The van der Waals surface area contributed by atoms with Gasteiger partial charge in [0.05, 0.1) is 0 Å². The Morgan fingerprint density at radius 1 is 1.00 bits per heavy atom. The molecule has 0 amide bonds. The molecule has 0 radical (unpaired) electrons. The Morgan fingerprint density at radius 2 is 1.33 bits per heavy atom. The lowest BCUT2D eigenvalue weighted by molar-refractivity contribution is -1.51. The number of quaternary nitrogens is 2. The van der Waals surface area contributed by atoms with Crippen molar-refractivity contribution in [1.82, 2.24) is 0 Å². The highest BCUT2D eigenvalue weighted by molar-refractivity contribution is 4.24. The van der Waals surface area contributed by atoms with E-state index in [1.165, 1.54) is 0 Å². The molecule has 36 valence electrons. The summed E-state index contributed by atoms with van der Waals surface area (Å²) in [6.07, 6.45) is 0. The van der Waals surface area contributed by atoms with Crippen LogP contribution in [0.5, 0.6) is 0 Å². The van der Waals surface area contributed by atoms with Crippen molar-refractivity contribution in [3.63, 3.8) is 0 Å². The van der Waals surface area contributed by atoms with E-state index >= 15 is 0 Å². The first-order chi connectivity index (χ1) is 2.80. The predicted molar refractivity (Wildman–Crippen MR) is 18.4 cm³/mol. The lowest BCUT2D eigenvalue weighted by Gasteiger charge is -2.40. The van der Waals surface area contributed by atoms with Gasteiger partial charge in [0.1, 0.15) is 0 Å². The average Bonchev–Trinajstić information content (AvgIpc) is 1.61. The van der Waals surface area contributed by atoms with Gasteiger partial charge in [-0.2, -0.15) is 0 Å². The van der Waals surface area contributed by atoms with Crippen LogP contribution in [-0.2, 0) is 0 Å². The zero-order valence-electron chi connectivity index (χ0n) is 3.23. The van der Waals surface area contributed by atoms with Crippen LogP contribution >= 0.6 is 0 Å². The molecule has 4 nitrogen and oxygen atoms in total. The van der Waals surface area contributed by atoms with Crippen molar-refractivity contribution < 1.29 is 10.3 Å². The van der Waals surface area contributed by atoms with Crippen molar-refractivity contribution in [2.24, 2.45) is 0 Å². The topological polar surface area (TPSA) is 55.0 Å². The van der Waals surface area contributed by atoms with Crippen LogP contribution in [0.2, 0.25) is 0 Å². The van der Waals surface area contributed by atoms with Crippen LogP contribution in [-0.4, -0.2) is 13.1 Å². The van der Waals surface area contributed by atoms with E-state index in [9.17, 15) is 10.4 Å². The summed E-state index contributed by atoms with van der Waals surface area (Å²) in [5.74, 6) is 0. The maximum absolute atomic E-state index is 9.88. The molecule has 0 spiro atoms. The van der Waals surface area contributed by atoms with Gasteiger partial charge in [-0.1, -0.05) is 0 Å². The lowest BCUT2D eigenvalue weighted by Crippen LogP contribution is -3.63. The molecular weight excluding hydrogens is 84.0 g/mol. The number of rotatable bonds is 0. The molecule has 0 aromatic heterocycles. The van der Waals surface area contributed by atoms with Crippen LogP contribution in [0.4, 0.5) is 0 Å². The Bertz CT molecular complexity index is 49.5. The molecule has 6 heavy (non-hydrogen) atoms. The molecule has 4 heteroatoms. The molecule has 1 rings (SSSR count). The second-order valence-electron chi connectivity index (χ2n) is 1.35. The highest BCUT2D eigenvalue weighted by Gasteiger charge is 2.17. The summed E-state index contributed by atoms with van der Waals surface area (Å²) >= 11 is 0. The van der Waals surface area contributed by atoms with E-state index in [0.29, 0.717) is 13.1 Å². The van der Waals surface area contributed by atoms with Crippen molar-refractivity contribution in [2.45, 2.75) is 0 Å². The van der Waals surface area contributed by atoms with Gasteiger partial charge < -0.3 is 10.4 Å². The van der Waals surface area contributed by atoms with Crippen LogP contribution in [0.1, 0.15) is 0 Å². The van der Waals surface area contributed by atoms with E-state index in [4.69, 9.17) is 0 Å². The SMILES string of the molecule is [O-][NH+]1CC[NH+]1[O-]. The summed E-state index contributed by atoms with van der Waals surface area (Å²) in [6, 6.07) is 0. The molecule has 1 heterocycles. The maximum atomic E-state index is 9.88. The van der Waals surface area contributed by atoms with Gasteiger partial charge in [0.2, 0.25) is 0 Å². The van der Waals surface area contributed by atoms with Gasteiger partial charge in [0.25, 0.3) is 0 Å². The smallest absolute Gasteiger partial charge is 0.175 e. The minimum Gasteiger partial charge on any atom is -0.583 e. The fraction of sp³-hybridized carbons (Fsp3) is 1.00. The van der Waals surface area contributed by atoms with E-state index in [-0.39, 0.29) is 10.3 Å². The fourth-order valence-electron chi connectivity index (χ4n) is 0.329. The molecule has 1 saturated heterocycles. The standard InChI is InChI=1S/C2H6N2O2/c5-3-1-2-4(3)6/h3-4H,1-2H2. The third-order valence-electron chi connectivity index (χ3n) is 0.890. The second-order valence-corrected chi connectivity index (χ2v) is 1.35. The van der Waals surface area contributed by atoms with Crippen molar-refractivity contribution >= 4 is 0 Å². The van der Waals surface area contributed by atoms with Crippen molar-refractivity contribution in [3.8, 4) is 0 Å². The zero-order valence-corrected chi connectivity index (χ0v) is 3.23. The zero-order chi connectivity index (χ0) is 4.57. The summed E-state index contributed by atoms with van der Waals surface area (Å²) < 4.78 is 0. The van der Waals surface area contributed by atoms with Crippen LogP contribution < -0.4 is 10.3 Å². The van der Waals surface area contributed by atoms with E-state index < -0.39 is 0 Å². The second kappa shape index (κ2) is 1.16. The molecule has 2 N–H and O–H groups in total. The Labute approximate surface area is 35.1 Å². The number of hydrogen-bond donors (Lipinski definition) is 2. The highest BCUT2D eigenvalue weighted by atomic mass is 16.7. The van der Waals surface area contributed by atoms with Crippen molar-refractivity contribution in [2.75, 3.05) is 13.1 Å². The molecule has 0 bridgehead atoms. The van der Waals surface area contributed by atoms with E-state index in [2.05, 4.69) is 0 Å². The van der Waals surface area contributed by atoms with E-state index in [1.54, 1.807) is 0 Å². The van der Waals surface area contributed by atoms with Gasteiger partial charge in [-0.25, -0.2) is 10.3 Å². The minimum absolute atomic E-state index is 0.199. The largest absolute Gasteiger partial charge is 0.583 e. The van der Waals surface area contributed by atoms with Gasteiger partial charge >= 0.3 is 0 Å². The molecule has 0 aromatic carbocycles. The lowest BCUT2D eigenvalue weighted by atomic mass is 10.6. The van der Waals surface area contributed by atoms with Crippen molar-refractivity contribution in [3.05, 3.63) is 10.4 Å². The molecule has 1 aliphatic rings. The highest BCUT2D eigenvalue weighted by Crippen LogP contribution is 1.41. The first-order valence-electron chi connectivity index (χ1n) is 1.87. The normalized spacial score (nSPS) is 45.0. The van der Waals surface area contributed by atoms with Gasteiger partial charge in [-0.15, -0.1) is 0 Å². The van der Waals surface area contributed by atoms with Crippen molar-refractivity contribution in [1.29, 1.82) is 0 Å². The van der Waals surface area contributed by atoms with Gasteiger partial charge in [-0.3, -0.25) is 0 Å². The molecule has 1 fully saturated rings. The Kier molecular flexibility index (Phi) is 0.776.